The maximum atomic E-state index is 5.79. The van der Waals surface area contributed by atoms with Gasteiger partial charge in [0.05, 0.1) is 24.4 Å². The van der Waals surface area contributed by atoms with E-state index in [1.807, 2.05) is 0 Å². The molecule has 4 rings (SSSR count). The first kappa shape index (κ1) is 10.6. The van der Waals surface area contributed by atoms with Gasteiger partial charge in [-0.1, -0.05) is 30.3 Å². The predicted octanol–water partition coefficient (Wildman–Crippen LogP) is 2.74. The third-order valence-corrected chi connectivity index (χ3v) is 4.42. The van der Waals surface area contributed by atoms with Crippen molar-refractivity contribution in [2.45, 2.75) is 43.9 Å². The Labute approximate surface area is 107 Å². The summed E-state index contributed by atoms with van der Waals surface area (Å²) in [7, 11) is 0. The number of hydrogen-bond acceptors (Lipinski definition) is 3. The maximum Gasteiger partial charge on any atom is 0.132 e. The van der Waals surface area contributed by atoms with E-state index in [2.05, 4.69) is 42.3 Å². The summed E-state index contributed by atoms with van der Waals surface area (Å²) in [6.07, 6.45) is 3.98. The molecule has 1 aromatic carbocycles. The average Bonchev–Trinajstić information content (AvgIpc) is 3.27. The SMILES string of the molecule is CC12OC1CCC/C2=N/N1CC1c1ccccc1. The minimum absolute atomic E-state index is 0.0257. The van der Waals surface area contributed by atoms with Gasteiger partial charge in [-0.05, 0) is 31.7 Å². The molecular weight excluding hydrogens is 224 g/mol. The lowest BCUT2D eigenvalue weighted by molar-refractivity contribution is 0.351. The van der Waals surface area contributed by atoms with Crippen molar-refractivity contribution < 1.29 is 4.74 Å². The van der Waals surface area contributed by atoms with Crippen molar-refractivity contribution in [3.05, 3.63) is 35.9 Å². The van der Waals surface area contributed by atoms with Crippen molar-refractivity contribution >= 4 is 5.71 Å². The van der Waals surface area contributed by atoms with Crippen molar-refractivity contribution in [2.75, 3.05) is 6.54 Å². The first-order chi connectivity index (χ1) is 8.77. The van der Waals surface area contributed by atoms with E-state index in [1.54, 1.807) is 0 Å². The second-order valence-electron chi connectivity index (χ2n) is 5.70. The van der Waals surface area contributed by atoms with Crippen LogP contribution >= 0.6 is 0 Å². The Bertz CT molecular complexity index is 498. The predicted molar refractivity (Wildman–Crippen MR) is 70.5 cm³/mol. The second-order valence-corrected chi connectivity index (χ2v) is 5.70. The Morgan fingerprint density at radius 2 is 2.17 bits per heavy atom. The molecule has 3 aliphatic rings. The van der Waals surface area contributed by atoms with Gasteiger partial charge in [-0.3, -0.25) is 5.01 Å². The summed E-state index contributed by atoms with van der Waals surface area (Å²) in [6.45, 7) is 3.24. The number of hydrogen-bond donors (Lipinski definition) is 0. The fourth-order valence-corrected chi connectivity index (χ4v) is 3.05. The van der Waals surface area contributed by atoms with Gasteiger partial charge in [-0.25, -0.2) is 0 Å². The highest BCUT2D eigenvalue weighted by Gasteiger charge is 2.58. The minimum atomic E-state index is -0.0257. The van der Waals surface area contributed by atoms with Crippen LogP contribution in [0.25, 0.3) is 0 Å². The second kappa shape index (κ2) is 3.58. The van der Waals surface area contributed by atoms with Gasteiger partial charge in [0.25, 0.3) is 0 Å². The van der Waals surface area contributed by atoms with Crippen LogP contribution in [0.15, 0.2) is 35.4 Å². The van der Waals surface area contributed by atoms with Gasteiger partial charge in [0, 0.05) is 0 Å². The van der Waals surface area contributed by atoms with Crippen LogP contribution in [0.3, 0.4) is 0 Å². The van der Waals surface area contributed by atoms with E-state index in [9.17, 15) is 0 Å². The van der Waals surface area contributed by atoms with Crippen LogP contribution in [-0.2, 0) is 4.74 Å². The van der Waals surface area contributed by atoms with Crippen LogP contribution < -0.4 is 0 Å². The molecule has 94 valence electrons. The van der Waals surface area contributed by atoms with Crippen LogP contribution in [0.4, 0.5) is 0 Å². The maximum absolute atomic E-state index is 5.79. The number of hydrazone groups is 1. The molecule has 2 heterocycles. The van der Waals surface area contributed by atoms with Crippen molar-refractivity contribution in [3.8, 4) is 0 Å². The Morgan fingerprint density at radius 1 is 1.33 bits per heavy atom. The lowest BCUT2D eigenvalue weighted by Crippen LogP contribution is -2.28. The molecule has 2 saturated heterocycles. The molecule has 3 heteroatoms. The summed E-state index contributed by atoms with van der Waals surface area (Å²) < 4.78 is 5.79. The standard InChI is InChI=1S/C15H18N2O/c1-15-13(8-5-9-14(15)18-15)16-17-10-12(17)11-6-3-2-4-7-11/h2-4,6-7,12,14H,5,8-10H2,1H3/b16-13-. The van der Waals surface area contributed by atoms with Crippen LogP contribution in [0.5, 0.6) is 0 Å². The van der Waals surface area contributed by atoms with Crippen molar-refractivity contribution in [1.82, 2.24) is 5.01 Å². The van der Waals surface area contributed by atoms with Crippen molar-refractivity contribution in [1.29, 1.82) is 0 Å². The zero-order valence-corrected chi connectivity index (χ0v) is 10.7. The van der Waals surface area contributed by atoms with E-state index in [1.165, 1.54) is 24.1 Å². The van der Waals surface area contributed by atoms with Gasteiger partial charge < -0.3 is 4.74 Å². The summed E-state index contributed by atoms with van der Waals surface area (Å²) in [4.78, 5) is 0. The molecule has 18 heavy (non-hydrogen) atoms. The van der Waals surface area contributed by atoms with E-state index < -0.39 is 0 Å². The molecule has 0 spiro atoms. The van der Waals surface area contributed by atoms with E-state index in [0.29, 0.717) is 12.1 Å². The van der Waals surface area contributed by atoms with Crippen LogP contribution in [-0.4, -0.2) is 29.0 Å². The summed E-state index contributed by atoms with van der Waals surface area (Å²) in [5.41, 5.74) is 2.61. The highest BCUT2D eigenvalue weighted by atomic mass is 16.6. The zero-order chi connectivity index (χ0) is 12.2. The minimum Gasteiger partial charge on any atom is -0.360 e. The van der Waals surface area contributed by atoms with Crippen molar-refractivity contribution in [3.63, 3.8) is 0 Å². The number of nitrogens with zero attached hydrogens (tertiary/aromatic N) is 2. The number of rotatable bonds is 2. The van der Waals surface area contributed by atoms with Gasteiger partial charge in [-0.2, -0.15) is 5.10 Å². The molecule has 1 aliphatic carbocycles. The molecule has 3 nitrogen and oxygen atoms in total. The smallest absolute Gasteiger partial charge is 0.132 e. The van der Waals surface area contributed by atoms with Gasteiger partial charge >= 0.3 is 0 Å². The fraction of sp³-hybridized carbons (Fsp3) is 0.533. The monoisotopic (exact) mass is 242 g/mol. The molecule has 0 amide bonds. The molecule has 1 saturated carbocycles. The van der Waals surface area contributed by atoms with E-state index in [4.69, 9.17) is 9.84 Å². The molecule has 2 aliphatic heterocycles. The lowest BCUT2D eigenvalue weighted by atomic mass is 9.89. The van der Waals surface area contributed by atoms with Crippen molar-refractivity contribution in [2.24, 2.45) is 5.10 Å². The number of fused-ring (bicyclic) bond motifs is 1. The third-order valence-electron chi connectivity index (χ3n) is 4.42. The van der Waals surface area contributed by atoms with E-state index in [-0.39, 0.29) is 5.60 Å². The Balaban J connectivity index is 1.51. The fourth-order valence-electron chi connectivity index (χ4n) is 3.05. The zero-order valence-electron chi connectivity index (χ0n) is 10.7. The molecule has 3 unspecified atom stereocenters. The van der Waals surface area contributed by atoms with Gasteiger partial charge in [0.2, 0.25) is 0 Å². The van der Waals surface area contributed by atoms with Gasteiger partial charge in [-0.15, -0.1) is 0 Å². The third kappa shape index (κ3) is 1.57. The Hall–Kier alpha value is -1.35. The van der Waals surface area contributed by atoms with Gasteiger partial charge in [0.15, 0.2) is 0 Å². The Morgan fingerprint density at radius 3 is 3.00 bits per heavy atom. The quantitative estimate of drug-likeness (QED) is 0.746. The summed E-state index contributed by atoms with van der Waals surface area (Å²) in [6, 6.07) is 11.1. The molecular formula is C15H18N2O. The Kier molecular flexibility index (Phi) is 2.10. The normalized spacial score (nSPS) is 39.6. The molecule has 1 aromatic rings. The summed E-state index contributed by atoms with van der Waals surface area (Å²) >= 11 is 0. The molecule has 0 radical (unpaired) electrons. The summed E-state index contributed by atoms with van der Waals surface area (Å²) in [5, 5.41) is 7.02. The largest absolute Gasteiger partial charge is 0.360 e. The molecule has 3 fully saturated rings. The first-order valence-electron chi connectivity index (χ1n) is 6.85. The highest BCUT2D eigenvalue weighted by molar-refractivity contribution is 5.95. The van der Waals surface area contributed by atoms with E-state index >= 15 is 0 Å². The summed E-state index contributed by atoms with van der Waals surface area (Å²) in [5.74, 6) is 0. The topological polar surface area (TPSA) is 27.9 Å². The van der Waals surface area contributed by atoms with Gasteiger partial charge in [0.1, 0.15) is 5.60 Å². The molecule has 3 atom stereocenters. The lowest BCUT2D eigenvalue weighted by Gasteiger charge is -2.16. The van der Waals surface area contributed by atoms with Crippen LogP contribution in [0.2, 0.25) is 0 Å². The van der Waals surface area contributed by atoms with Crippen LogP contribution in [0, 0.1) is 0 Å². The number of ether oxygens (including phenoxy) is 1. The number of epoxide rings is 1. The average molecular weight is 242 g/mol. The number of benzene rings is 1. The highest BCUT2D eigenvalue weighted by Crippen LogP contribution is 2.47. The molecule has 0 aromatic heterocycles. The van der Waals surface area contributed by atoms with E-state index in [0.717, 1.165) is 13.0 Å². The van der Waals surface area contributed by atoms with Crippen LogP contribution in [0.1, 0.15) is 37.8 Å². The molecule has 0 bridgehead atoms. The molecule has 0 N–H and O–H groups in total. The first-order valence-corrected chi connectivity index (χ1v) is 6.85.